The van der Waals surface area contributed by atoms with E-state index >= 15 is 0 Å². The maximum absolute atomic E-state index is 14.4. The second-order valence-corrected chi connectivity index (χ2v) is 39.6. The minimum atomic E-state index is -0.559. The number of nitro benzene ring substituents is 1. The second kappa shape index (κ2) is 55.3. The van der Waals surface area contributed by atoms with Crippen LogP contribution in [-0.4, -0.2) is 114 Å². The maximum atomic E-state index is 14.4. The number of carbonyl (C=O) groups is 2. The van der Waals surface area contributed by atoms with Crippen molar-refractivity contribution in [2.75, 3.05) is 23.8 Å². The predicted molar refractivity (Wildman–Crippen MR) is 587 cm³/mol. The molecule has 0 saturated carbocycles. The molecule has 0 aliphatic carbocycles. The number of phenols is 4. The van der Waals surface area contributed by atoms with Crippen LogP contribution in [0.1, 0.15) is 287 Å². The summed E-state index contributed by atoms with van der Waals surface area (Å²) < 4.78 is 40.7. The van der Waals surface area contributed by atoms with E-state index in [1.165, 1.54) is 220 Å². The fraction of sp³-hybridized carbons (Fsp3) is 0.376. The first-order valence-electron chi connectivity index (χ1n) is 52.8. The molecule has 6 heterocycles. The van der Waals surface area contributed by atoms with Crippen molar-refractivity contribution in [2.45, 2.75) is 282 Å². The van der Waals surface area contributed by atoms with Gasteiger partial charge in [0.1, 0.15) is 62.7 Å². The zero-order valence-corrected chi connectivity index (χ0v) is 87.5. The highest BCUT2D eigenvalue weighted by molar-refractivity contribution is 7.98. The number of amides is 2. The number of anilines is 2. The molecule has 0 radical (unpaired) electrons. The SMILES string of the molecule is CCCCCCCCCCCCCCOc1ccc(NC(=O)c2cc(Oc3c(CSc4nnc(C)o4)c(C)nn3-c3ccccc3)c3ccccc3c2O)cc1.CCCCCCCCCCCCCCOc1ccccc1NC(=O)c1cc(Oc2c(CSc3nnnn3-c3ccc(O)cc3)c(CCCCCCCCCCC)nn2-c2ccc([N+](=O)[O-])cc2)c2ccccc2c1O.Cc1ccc(O)c(-n2n3c4ccccc4n23)c1. The van der Waals surface area contributed by atoms with Gasteiger partial charge in [-0.05, 0) is 177 Å². The highest BCUT2D eigenvalue weighted by Gasteiger charge is 2.31. The summed E-state index contributed by atoms with van der Waals surface area (Å²) in [5.41, 5.74) is 10.4. The average molecular weight is 2040 g/mol. The van der Waals surface area contributed by atoms with Gasteiger partial charge >= 0.3 is 0 Å². The molecule has 11 aromatic carbocycles. The highest BCUT2D eigenvalue weighted by atomic mass is 32.2. The number of fused-ring (bicyclic) bond motifs is 6. The molecule has 6 N–H and O–H groups in total. The molecule has 776 valence electrons. The topological polar surface area (TPSA) is 351 Å². The molecule has 0 bridgehead atoms. The number of aromatic hydroxyl groups is 4. The van der Waals surface area contributed by atoms with Crippen LogP contribution in [0.15, 0.2) is 245 Å². The van der Waals surface area contributed by atoms with Crippen molar-refractivity contribution in [2.24, 2.45) is 0 Å². The number of rotatable bonds is 57. The van der Waals surface area contributed by atoms with Gasteiger partial charge in [0.05, 0.1) is 63.4 Å². The Hall–Kier alpha value is -14.6. The summed E-state index contributed by atoms with van der Waals surface area (Å²) in [6.45, 7) is 13.6. The molecule has 0 aliphatic heterocycles. The number of aromatic nitrogens is 13. The summed E-state index contributed by atoms with van der Waals surface area (Å²) in [4.78, 5) is 41.6. The number of hydrogen-bond acceptors (Lipinski definition) is 22. The van der Waals surface area contributed by atoms with Gasteiger partial charge in [0, 0.05) is 68.9 Å². The molecule has 31 heteroatoms. The van der Waals surface area contributed by atoms with E-state index in [0.717, 1.165) is 83.7 Å². The van der Waals surface area contributed by atoms with Crippen LogP contribution in [0, 0.1) is 30.9 Å². The van der Waals surface area contributed by atoms with Crippen molar-refractivity contribution in [3.63, 3.8) is 0 Å². The van der Waals surface area contributed by atoms with E-state index in [4.69, 9.17) is 33.6 Å². The van der Waals surface area contributed by atoms with Crippen molar-refractivity contribution in [1.29, 1.82) is 0 Å². The monoisotopic (exact) mass is 2040 g/mol. The highest BCUT2D eigenvalue weighted by Crippen LogP contribution is 2.46. The Balaban J connectivity index is 0.000000195. The third-order valence-electron chi connectivity index (χ3n) is 26.5. The van der Waals surface area contributed by atoms with Gasteiger partial charge in [-0.1, -0.05) is 334 Å². The predicted octanol–water partition coefficient (Wildman–Crippen LogP) is 30.4. The quantitative estimate of drug-likeness (QED) is 0.00892. The molecule has 0 atom stereocenters. The Kier molecular flexibility index (Phi) is 40.2. The van der Waals surface area contributed by atoms with Crippen LogP contribution in [0.2, 0.25) is 0 Å². The zero-order valence-electron chi connectivity index (χ0n) is 85.8. The lowest BCUT2D eigenvalue weighted by Crippen LogP contribution is -2.14. The fourth-order valence-electron chi connectivity index (χ4n) is 18.3. The second-order valence-electron chi connectivity index (χ2n) is 37.8. The van der Waals surface area contributed by atoms with Crippen LogP contribution < -0.4 is 29.6 Å². The van der Waals surface area contributed by atoms with E-state index in [9.17, 15) is 40.1 Å². The van der Waals surface area contributed by atoms with Crippen LogP contribution >= 0.6 is 23.5 Å². The Morgan fingerprint density at radius 1 is 0.432 bits per heavy atom. The summed E-state index contributed by atoms with van der Waals surface area (Å²) in [6.07, 6.45) is 41.5. The van der Waals surface area contributed by atoms with Gasteiger partial charge in [0.15, 0.2) is 0 Å². The summed E-state index contributed by atoms with van der Waals surface area (Å²) in [6, 6.07) is 68.4. The van der Waals surface area contributed by atoms with Crippen LogP contribution in [0.5, 0.6) is 57.8 Å². The van der Waals surface area contributed by atoms with Crippen LogP contribution in [-0.2, 0) is 17.9 Å². The number of nitrogens with one attached hydrogen (secondary N) is 2. The molecule has 17 rings (SSSR count). The summed E-state index contributed by atoms with van der Waals surface area (Å²) >= 11 is 2.76. The minimum absolute atomic E-state index is 0.0141. The standard InChI is InChI=1S/C59H74N8O7S.C45H53N5O5S.C13H11N3O/c1-3-5-7-9-11-13-14-15-17-19-21-27-41-73-54-32-26-25-31-53(54)60-57(70)50-42-55(48-28-23-24-29-49(48)56(50)69)74-58-51(43-75-59-61-63-64-66(59)45-37-39-47(68)40-38-45)52(30-22-20-18-16-12-10-8-6-4-2)62-65(58)44-33-35-46(36-34-44)67(71)72;1-4-5-6-7-8-9-10-11-12-13-14-20-29-53-36-27-25-34(26-28-36)46-43(52)39-30-41(37-23-18-19-24-38(37)42(39)51)55-44-40(31-56-45-48-47-33(3)54-45)32(2)49-50(44)35-21-16-15-17-22-35;1-9-6-7-13(17)12(8-9)16-14-10-4-2-3-5-11(10)15(14)16/h23-26,28-29,31-40,42,68-69H,3-22,27,30,41,43H2,1-2H3,(H,60,70);15-19,21-28,30,51H,4-14,20,29,31H2,1-3H3,(H,46,52);2-8,17H,1H3. The summed E-state index contributed by atoms with van der Waals surface area (Å²) in [7, 11) is 0. The van der Waals surface area contributed by atoms with E-state index in [1.54, 1.807) is 112 Å². The molecule has 2 amide bonds. The number of benzene rings is 11. The number of carbonyl (C=O) groups excluding carboxylic acids is 2. The number of tetrazole rings is 1. The number of unbranched alkanes of at least 4 members (excludes halogenated alkanes) is 30. The van der Waals surface area contributed by atoms with Crippen molar-refractivity contribution in [3.05, 3.63) is 286 Å². The molecule has 0 aliphatic rings. The van der Waals surface area contributed by atoms with E-state index in [2.05, 4.69) is 69.3 Å². The number of nitrogens with zero attached hydrogens (tertiary/aromatic N) is 14. The number of aryl methyl sites for hydroxylation is 4. The summed E-state index contributed by atoms with van der Waals surface area (Å²) in [5.74, 6) is 3.02. The van der Waals surface area contributed by atoms with Gasteiger partial charge < -0.3 is 54.4 Å². The van der Waals surface area contributed by atoms with E-state index < -0.39 is 16.7 Å². The van der Waals surface area contributed by atoms with Crippen molar-refractivity contribution >= 4 is 85.0 Å². The van der Waals surface area contributed by atoms with Gasteiger partial charge in [-0.2, -0.15) is 14.9 Å². The van der Waals surface area contributed by atoms with Gasteiger partial charge in [0.2, 0.25) is 22.8 Å². The number of para-hydroxylation sites is 5. The molecule has 6 aromatic heterocycles. The number of non-ortho nitro benzene ring substituents is 1. The molecule has 0 spiro atoms. The molecule has 0 saturated heterocycles. The number of phenolic OH excluding ortho intramolecular Hbond substituents is 4. The summed E-state index contributed by atoms with van der Waals surface area (Å²) in [5, 5.41) is 94.5. The van der Waals surface area contributed by atoms with Gasteiger partial charge in [-0.3, -0.25) is 19.7 Å². The van der Waals surface area contributed by atoms with Gasteiger partial charge in [-0.15, -0.1) is 29.4 Å². The lowest BCUT2D eigenvalue weighted by Gasteiger charge is -2.17. The first-order valence-corrected chi connectivity index (χ1v) is 54.7. The third-order valence-corrected chi connectivity index (χ3v) is 28.3. The van der Waals surface area contributed by atoms with Crippen molar-refractivity contribution in [1.82, 2.24) is 64.0 Å². The molecule has 0 unspecified atom stereocenters. The number of thioether (sulfide) groups is 2. The number of ether oxygens (including phenoxy) is 4. The Bertz CT molecular complexity index is 7030. The normalized spacial score (nSPS) is 11.4. The smallest absolute Gasteiger partial charge is 0.276 e. The Labute approximate surface area is 873 Å². The van der Waals surface area contributed by atoms with Crippen molar-refractivity contribution < 1.29 is 58.3 Å². The first-order chi connectivity index (χ1) is 72.4. The van der Waals surface area contributed by atoms with E-state index in [0.29, 0.717) is 121 Å². The Morgan fingerprint density at radius 3 is 1.45 bits per heavy atom. The largest absolute Gasteiger partial charge is 0.508 e. The fourth-order valence-corrected chi connectivity index (χ4v) is 20.1. The molecular formula is C117H138N16O13S2. The molecule has 29 nitrogen and oxygen atoms in total. The first kappa shape index (κ1) is 108. The van der Waals surface area contributed by atoms with E-state index in [1.807, 2.05) is 143 Å². The molecule has 17 aromatic rings. The molecular weight excluding hydrogens is 1900 g/mol. The van der Waals surface area contributed by atoms with Gasteiger partial charge in [-0.25, -0.2) is 9.36 Å². The van der Waals surface area contributed by atoms with E-state index in [-0.39, 0.29) is 39.8 Å². The number of hydrogen-bond donors (Lipinski definition) is 6. The average Bonchev–Trinajstić information content (AvgIpc) is 1.51. The minimum Gasteiger partial charge on any atom is -0.508 e. The zero-order chi connectivity index (χ0) is 103. The van der Waals surface area contributed by atoms with Crippen LogP contribution in [0.4, 0.5) is 17.1 Å². The van der Waals surface area contributed by atoms with Crippen LogP contribution in [0.25, 0.3) is 55.3 Å². The van der Waals surface area contributed by atoms with Crippen LogP contribution in [0.3, 0.4) is 0 Å². The third kappa shape index (κ3) is 29.3. The molecule has 0 fully saturated rings. The van der Waals surface area contributed by atoms with Crippen molar-refractivity contribution in [3.8, 4) is 80.5 Å². The lowest BCUT2D eigenvalue weighted by atomic mass is 10.0. The molecule has 148 heavy (non-hydrogen) atoms. The van der Waals surface area contributed by atoms with Gasteiger partial charge in [0.25, 0.3) is 22.7 Å². The maximum Gasteiger partial charge on any atom is 0.276 e. The lowest BCUT2D eigenvalue weighted by molar-refractivity contribution is -0.384. The number of nitro groups is 1. The Morgan fingerprint density at radius 2 is 0.899 bits per heavy atom.